The van der Waals surface area contributed by atoms with Crippen molar-refractivity contribution >= 4 is 87.1 Å². The number of benzene rings is 4. The molecule has 4 heterocycles. The first kappa shape index (κ1) is 53.0. The minimum Gasteiger partial charge on any atom is -0.350 e. The topological polar surface area (TPSA) is 243 Å². The number of piperidine rings is 2. The SMILES string of the molecule is NCCCCc1cccc2c1C(=O)N(C1CCC(=O)NC1=O)C2=O.O=C1CCC(N2C(=O)c3cccc(CCCCCCCCONC(=O)c4ccc(F)c(F)c4Nc4ccc(I)cc4F)c3C2=O)C(=O)N1. The maximum Gasteiger partial charge on any atom is 0.277 e. The predicted octanol–water partition coefficient (Wildman–Crippen LogP) is 6.47. The van der Waals surface area contributed by atoms with E-state index in [-0.39, 0.29) is 55.0 Å². The molecule has 9 amide bonds. The highest BCUT2D eigenvalue weighted by molar-refractivity contribution is 14.1. The molecule has 0 aromatic heterocycles. The molecule has 0 aliphatic carbocycles. The van der Waals surface area contributed by atoms with E-state index in [1.807, 2.05) is 34.7 Å². The minimum atomic E-state index is -1.33. The van der Waals surface area contributed by atoms with Gasteiger partial charge in [-0.3, -0.25) is 68.4 Å². The van der Waals surface area contributed by atoms with Crippen LogP contribution in [0.3, 0.4) is 0 Å². The van der Waals surface area contributed by atoms with Crippen molar-refractivity contribution in [1.29, 1.82) is 0 Å². The van der Waals surface area contributed by atoms with E-state index in [0.717, 1.165) is 78.0 Å². The molecule has 21 heteroatoms. The molecule has 4 aromatic rings. The van der Waals surface area contributed by atoms with E-state index in [2.05, 4.69) is 21.4 Å². The van der Waals surface area contributed by atoms with Gasteiger partial charge in [0.05, 0.1) is 45.8 Å². The number of halogens is 4. The second-order valence-corrected chi connectivity index (χ2v) is 18.7. The smallest absolute Gasteiger partial charge is 0.277 e. The summed E-state index contributed by atoms with van der Waals surface area (Å²) < 4.78 is 43.5. The summed E-state index contributed by atoms with van der Waals surface area (Å²) >= 11 is 1.91. The summed E-state index contributed by atoms with van der Waals surface area (Å²) in [5, 5.41) is 6.86. The van der Waals surface area contributed by atoms with Crippen molar-refractivity contribution in [2.45, 2.75) is 102 Å². The van der Waals surface area contributed by atoms with E-state index in [1.165, 1.54) is 12.1 Å². The molecule has 2 unspecified atom stereocenters. The first-order valence-corrected chi connectivity index (χ1v) is 24.7. The molecule has 2 atom stereocenters. The van der Waals surface area contributed by atoms with Crippen LogP contribution in [0.15, 0.2) is 66.7 Å². The fourth-order valence-electron chi connectivity index (χ4n) is 9.00. The number of imide groups is 4. The van der Waals surface area contributed by atoms with Gasteiger partial charge in [-0.1, -0.05) is 49.9 Å². The predicted molar refractivity (Wildman–Crippen MR) is 262 cm³/mol. The summed E-state index contributed by atoms with van der Waals surface area (Å²) in [7, 11) is 0. The van der Waals surface area contributed by atoms with Gasteiger partial charge in [0.15, 0.2) is 11.6 Å². The van der Waals surface area contributed by atoms with Crippen LogP contribution >= 0.6 is 22.6 Å². The van der Waals surface area contributed by atoms with Gasteiger partial charge in [-0.15, -0.1) is 0 Å². The number of hydrogen-bond acceptors (Lipinski definition) is 12. The number of carbonyl (C=O) groups is 9. The van der Waals surface area contributed by atoms with Gasteiger partial charge in [0.2, 0.25) is 23.6 Å². The molecule has 0 spiro atoms. The number of anilines is 2. The lowest BCUT2D eigenvalue weighted by Crippen LogP contribution is -2.54. The van der Waals surface area contributed by atoms with Gasteiger partial charge in [-0.05, 0) is 134 Å². The molecule has 4 aromatic carbocycles. The number of rotatable bonds is 19. The second kappa shape index (κ2) is 24.0. The molecule has 0 bridgehead atoms. The minimum absolute atomic E-state index is 0.0608. The Morgan fingerprint density at radius 3 is 1.71 bits per heavy atom. The Bertz CT molecular complexity index is 2850. The number of nitrogens with zero attached hydrogens (tertiary/aromatic N) is 2. The summed E-state index contributed by atoms with van der Waals surface area (Å²) in [6, 6.07) is 14.4. The van der Waals surface area contributed by atoms with Crippen molar-refractivity contribution in [2.24, 2.45) is 5.73 Å². The monoisotopic (exact) mass is 1110 g/mol. The van der Waals surface area contributed by atoms with Gasteiger partial charge in [-0.25, -0.2) is 18.7 Å². The Labute approximate surface area is 425 Å². The van der Waals surface area contributed by atoms with E-state index in [1.54, 1.807) is 30.3 Å². The van der Waals surface area contributed by atoms with Gasteiger partial charge in [-0.2, -0.15) is 0 Å². The highest BCUT2D eigenvalue weighted by Crippen LogP contribution is 2.33. The lowest BCUT2D eigenvalue weighted by atomic mass is 9.97. The molecule has 6 N–H and O–H groups in total. The average Bonchev–Trinajstić information content (AvgIpc) is 3.76. The first-order chi connectivity index (χ1) is 34.6. The molecule has 378 valence electrons. The van der Waals surface area contributed by atoms with Gasteiger partial charge < -0.3 is 11.1 Å². The number of nitrogens with one attached hydrogen (secondary N) is 4. The highest BCUT2D eigenvalue weighted by Gasteiger charge is 2.47. The van der Waals surface area contributed by atoms with Crippen LogP contribution in [0, 0.1) is 21.0 Å². The van der Waals surface area contributed by atoms with Crippen molar-refractivity contribution in [1.82, 2.24) is 25.9 Å². The van der Waals surface area contributed by atoms with E-state index in [0.29, 0.717) is 46.1 Å². The molecule has 8 rings (SSSR count). The Balaban J connectivity index is 0.000000264. The standard InChI is InChI=1S/C34H32F3IN4O6.C17H19N3O4/c35-23-13-12-22(30(29(23)37)39-25-14-11-20(38)18-24(25)36)31(44)41-48-17-6-4-2-1-3-5-8-19-9-7-10-21-28(19)34(47)42(33(21)46)26-15-16-27(43)40-32(26)45;18-9-2-1-4-10-5-3-6-11-14(10)17(24)20(16(11)23)12-7-8-13(21)19-15(12)22/h7,9-14,18,26,39H,1-6,8,15-17H2,(H,41,44)(H,40,43,45);3,5-6,12H,1-2,4,7-9,18H2,(H,19,21,22). The van der Waals surface area contributed by atoms with E-state index < -0.39 is 82.5 Å². The number of nitrogens with two attached hydrogens (primary N) is 1. The van der Waals surface area contributed by atoms with Crippen LogP contribution in [0.5, 0.6) is 0 Å². The summed E-state index contributed by atoms with van der Waals surface area (Å²) in [4.78, 5) is 119. The first-order valence-electron chi connectivity index (χ1n) is 23.6. The summed E-state index contributed by atoms with van der Waals surface area (Å²) in [6.45, 7) is 0.754. The van der Waals surface area contributed by atoms with Gasteiger partial charge in [0.1, 0.15) is 17.9 Å². The molecule has 2 saturated heterocycles. The molecule has 2 fully saturated rings. The number of carbonyl (C=O) groups excluding carboxylic acids is 9. The largest absolute Gasteiger partial charge is 0.350 e. The van der Waals surface area contributed by atoms with Crippen LogP contribution in [0.25, 0.3) is 0 Å². The molecular formula is C51H51F3IN7O10. The van der Waals surface area contributed by atoms with E-state index in [9.17, 15) is 56.3 Å². The fraction of sp³-hybridized carbons (Fsp3) is 0.353. The van der Waals surface area contributed by atoms with Crippen molar-refractivity contribution in [3.63, 3.8) is 0 Å². The molecule has 72 heavy (non-hydrogen) atoms. The zero-order valence-corrected chi connectivity index (χ0v) is 41.0. The summed E-state index contributed by atoms with van der Waals surface area (Å²) in [5.74, 6) is -8.03. The van der Waals surface area contributed by atoms with Crippen LogP contribution in [0.2, 0.25) is 0 Å². The number of hydroxylamine groups is 1. The maximum atomic E-state index is 14.6. The zero-order chi connectivity index (χ0) is 51.6. The third-order valence-corrected chi connectivity index (χ3v) is 13.3. The molecule has 0 saturated carbocycles. The van der Waals surface area contributed by atoms with Gasteiger partial charge in [0.25, 0.3) is 29.5 Å². The van der Waals surface area contributed by atoms with Crippen LogP contribution in [0.1, 0.15) is 140 Å². The molecule has 4 aliphatic rings. The van der Waals surface area contributed by atoms with Gasteiger partial charge in [0, 0.05) is 16.4 Å². The third kappa shape index (κ3) is 11.9. The normalized spacial score (nSPS) is 17.3. The lowest BCUT2D eigenvalue weighted by molar-refractivity contribution is -0.137. The number of fused-ring (bicyclic) bond motifs is 2. The number of hydrogen-bond donors (Lipinski definition) is 5. The van der Waals surface area contributed by atoms with Crippen LogP contribution in [0.4, 0.5) is 24.5 Å². The fourth-order valence-corrected chi connectivity index (χ4v) is 9.46. The van der Waals surface area contributed by atoms with Crippen molar-refractivity contribution in [3.8, 4) is 0 Å². The van der Waals surface area contributed by atoms with Crippen molar-refractivity contribution in [3.05, 3.63) is 127 Å². The number of unbranched alkanes of at least 4 members (excludes halogenated alkanes) is 6. The van der Waals surface area contributed by atoms with Crippen molar-refractivity contribution < 1.29 is 61.2 Å². The summed E-state index contributed by atoms with van der Waals surface area (Å²) in [6.07, 6.45) is 8.19. The average molecular weight is 1110 g/mol. The second-order valence-electron chi connectivity index (χ2n) is 17.5. The van der Waals surface area contributed by atoms with Gasteiger partial charge >= 0.3 is 0 Å². The summed E-state index contributed by atoms with van der Waals surface area (Å²) in [5.41, 5.74) is 9.67. The molecular weight excluding hydrogens is 1050 g/mol. The quantitative estimate of drug-likeness (QED) is 0.0294. The Morgan fingerprint density at radius 2 is 1.18 bits per heavy atom. The molecule has 17 nitrogen and oxygen atoms in total. The maximum absolute atomic E-state index is 14.6. The zero-order valence-electron chi connectivity index (χ0n) is 38.9. The Morgan fingerprint density at radius 1 is 0.653 bits per heavy atom. The third-order valence-electron chi connectivity index (χ3n) is 12.6. The Kier molecular flexibility index (Phi) is 17.7. The lowest BCUT2D eigenvalue weighted by Gasteiger charge is -2.27. The van der Waals surface area contributed by atoms with Crippen molar-refractivity contribution in [2.75, 3.05) is 18.5 Å². The van der Waals surface area contributed by atoms with Crippen LogP contribution in [-0.2, 0) is 36.9 Å². The highest BCUT2D eigenvalue weighted by atomic mass is 127. The molecule has 0 radical (unpaired) electrons. The Hall–Kier alpha value is -6.85. The van der Waals surface area contributed by atoms with E-state index in [4.69, 9.17) is 10.6 Å². The van der Waals surface area contributed by atoms with E-state index >= 15 is 0 Å². The molecule has 4 aliphatic heterocycles. The van der Waals surface area contributed by atoms with Crippen LogP contribution < -0.4 is 27.2 Å². The number of aryl methyl sites for hydroxylation is 2. The van der Waals surface area contributed by atoms with Crippen LogP contribution in [-0.4, -0.2) is 88.2 Å². The number of amides is 9.